The van der Waals surface area contributed by atoms with Gasteiger partial charge in [0.1, 0.15) is 0 Å². The van der Waals surface area contributed by atoms with Crippen LogP contribution in [-0.2, 0) is 4.74 Å². The summed E-state index contributed by atoms with van der Waals surface area (Å²) in [5.41, 5.74) is 0.276. The second kappa shape index (κ2) is 7.48. The largest absolute Gasteiger partial charge is 0.374 e. The number of thioether (sulfide) groups is 1. The number of fused-ring (bicyclic) bond motifs is 5. The van der Waals surface area contributed by atoms with Gasteiger partial charge in [-0.1, -0.05) is 0 Å². The van der Waals surface area contributed by atoms with E-state index in [1.165, 1.54) is 30.8 Å². The first kappa shape index (κ1) is 19.0. The fraction of sp³-hybridized carbons (Fsp3) is 0.941. The van der Waals surface area contributed by atoms with Crippen molar-refractivity contribution in [3.05, 3.63) is 0 Å². The number of nitrogens with zero attached hydrogens (tertiary/aromatic N) is 3. The Balaban J connectivity index is 0.00000169. The van der Waals surface area contributed by atoms with Crippen LogP contribution < -0.4 is 5.32 Å². The smallest absolute Gasteiger partial charge is 0.193 e. The fourth-order valence-corrected chi connectivity index (χ4v) is 6.51. The van der Waals surface area contributed by atoms with Gasteiger partial charge in [0.2, 0.25) is 0 Å². The zero-order valence-electron chi connectivity index (χ0n) is 15.0. The van der Waals surface area contributed by atoms with Gasteiger partial charge in [-0.25, -0.2) is 0 Å². The number of likely N-dealkylation sites (N-methyl/N-ethyl adjacent to an activating group) is 1. The van der Waals surface area contributed by atoms with Crippen LogP contribution in [-0.4, -0.2) is 85.8 Å². The maximum Gasteiger partial charge on any atom is 0.193 e. The van der Waals surface area contributed by atoms with Crippen LogP contribution in [0, 0.1) is 11.8 Å². The van der Waals surface area contributed by atoms with E-state index in [0.717, 1.165) is 37.4 Å². The van der Waals surface area contributed by atoms with E-state index >= 15 is 0 Å². The van der Waals surface area contributed by atoms with Crippen molar-refractivity contribution in [2.75, 3.05) is 52.3 Å². The quantitative estimate of drug-likeness (QED) is 0.390. The molecule has 4 aliphatic heterocycles. The standard InChI is InChI=1S/C17H30N4OS.HI/c1-18-16(19-10-17(20(2)3)6-7-23-11-17)21-8-12-13(9-21)15-5-4-14(12)22-15;/h12-15H,4-11H2,1-3H3,(H,18,19);1H. The number of aliphatic imine (C=N–C) groups is 1. The number of likely N-dealkylation sites (tertiary alicyclic amines) is 1. The molecule has 138 valence electrons. The molecule has 0 spiro atoms. The van der Waals surface area contributed by atoms with Gasteiger partial charge in [-0.3, -0.25) is 4.99 Å². The van der Waals surface area contributed by atoms with Crippen molar-refractivity contribution in [1.29, 1.82) is 0 Å². The molecule has 0 radical (unpaired) electrons. The van der Waals surface area contributed by atoms with Crippen molar-refractivity contribution in [3.63, 3.8) is 0 Å². The Morgan fingerprint density at radius 3 is 2.46 bits per heavy atom. The molecule has 7 heteroatoms. The number of guanidine groups is 1. The second-order valence-electron chi connectivity index (χ2n) is 7.85. The van der Waals surface area contributed by atoms with Crippen molar-refractivity contribution < 1.29 is 4.74 Å². The zero-order chi connectivity index (χ0) is 16.0. The van der Waals surface area contributed by atoms with Crippen LogP contribution in [0.1, 0.15) is 19.3 Å². The maximum atomic E-state index is 6.09. The summed E-state index contributed by atoms with van der Waals surface area (Å²) < 4.78 is 6.09. The second-order valence-corrected chi connectivity index (χ2v) is 8.95. The molecule has 0 aromatic carbocycles. The Kier molecular flexibility index (Phi) is 5.94. The van der Waals surface area contributed by atoms with E-state index in [-0.39, 0.29) is 29.5 Å². The first-order valence-electron chi connectivity index (χ1n) is 8.99. The first-order chi connectivity index (χ1) is 11.1. The Bertz CT molecular complexity index is 465. The molecule has 4 saturated heterocycles. The molecule has 0 aromatic heterocycles. The molecule has 5 atom stereocenters. The SMILES string of the molecule is CN=C(NCC1(N(C)C)CCSC1)N1CC2C3CCC(O3)C2C1.I. The minimum Gasteiger partial charge on any atom is -0.374 e. The molecule has 5 unspecified atom stereocenters. The molecule has 4 fully saturated rings. The molecule has 4 aliphatic rings. The highest BCUT2D eigenvalue weighted by Gasteiger charge is 2.53. The van der Waals surface area contributed by atoms with Crippen molar-refractivity contribution in [1.82, 2.24) is 15.1 Å². The van der Waals surface area contributed by atoms with Gasteiger partial charge >= 0.3 is 0 Å². The highest BCUT2D eigenvalue weighted by Crippen LogP contribution is 2.47. The van der Waals surface area contributed by atoms with E-state index in [1.807, 2.05) is 7.05 Å². The van der Waals surface area contributed by atoms with Crippen LogP contribution >= 0.6 is 35.7 Å². The number of hydrogen-bond acceptors (Lipinski definition) is 4. The van der Waals surface area contributed by atoms with E-state index in [1.54, 1.807) is 0 Å². The molecule has 2 bridgehead atoms. The van der Waals surface area contributed by atoms with Gasteiger partial charge in [-0.15, -0.1) is 24.0 Å². The van der Waals surface area contributed by atoms with Crippen molar-refractivity contribution in [2.24, 2.45) is 16.8 Å². The molecule has 5 nitrogen and oxygen atoms in total. The number of hydrogen-bond donors (Lipinski definition) is 1. The van der Waals surface area contributed by atoms with Crippen molar-refractivity contribution in [3.8, 4) is 0 Å². The lowest BCUT2D eigenvalue weighted by atomic mass is 9.82. The molecule has 4 heterocycles. The average molecular weight is 466 g/mol. The summed E-state index contributed by atoms with van der Waals surface area (Å²) in [6, 6.07) is 0. The van der Waals surface area contributed by atoms with Crippen LogP contribution in [0.15, 0.2) is 4.99 Å². The van der Waals surface area contributed by atoms with E-state index in [2.05, 4.69) is 46.0 Å². The Morgan fingerprint density at radius 1 is 1.29 bits per heavy atom. The molecular formula is C17H31IN4OS. The molecule has 1 N–H and O–H groups in total. The summed E-state index contributed by atoms with van der Waals surface area (Å²) in [4.78, 5) is 9.47. The van der Waals surface area contributed by atoms with Crippen molar-refractivity contribution >= 4 is 41.7 Å². The summed E-state index contributed by atoms with van der Waals surface area (Å²) in [5, 5.41) is 3.69. The minimum absolute atomic E-state index is 0. The van der Waals surface area contributed by atoms with E-state index in [4.69, 9.17) is 4.74 Å². The fourth-order valence-electron chi connectivity index (χ4n) is 4.96. The third-order valence-corrected chi connectivity index (χ3v) is 7.81. The van der Waals surface area contributed by atoms with E-state index in [9.17, 15) is 0 Å². The lowest BCUT2D eigenvalue weighted by Crippen LogP contribution is -2.55. The van der Waals surface area contributed by atoms with Gasteiger partial charge in [0.15, 0.2) is 5.96 Å². The van der Waals surface area contributed by atoms with Gasteiger partial charge in [0, 0.05) is 49.8 Å². The summed E-state index contributed by atoms with van der Waals surface area (Å²) >= 11 is 2.07. The van der Waals surface area contributed by atoms with Gasteiger partial charge < -0.3 is 19.9 Å². The molecule has 0 amide bonds. The lowest BCUT2D eigenvalue weighted by Gasteiger charge is -2.37. The number of halogens is 1. The lowest BCUT2D eigenvalue weighted by molar-refractivity contribution is 0.0766. The maximum absolute atomic E-state index is 6.09. The highest BCUT2D eigenvalue weighted by molar-refractivity contribution is 14.0. The molecule has 0 saturated carbocycles. The summed E-state index contributed by atoms with van der Waals surface area (Å²) in [7, 11) is 6.35. The summed E-state index contributed by atoms with van der Waals surface area (Å²) in [5.74, 6) is 5.05. The molecule has 4 rings (SSSR count). The predicted molar refractivity (Wildman–Crippen MR) is 112 cm³/mol. The predicted octanol–water partition coefficient (Wildman–Crippen LogP) is 1.73. The summed E-state index contributed by atoms with van der Waals surface area (Å²) in [6.45, 7) is 3.24. The van der Waals surface area contributed by atoms with Crippen LogP contribution in [0.3, 0.4) is 0 Å². The monoisotopic (exact) mass is 466 g/mol. The minimum atomic E-state index is 0. The molecule has 0 aromatic rings. The number of nitrogens with one attached hydrogen (secondary N) is 1. The topological polar surface area (TPSA) is 40.1 Å². The number of ether oxygens (including phenoxy) is 1. The van der Waals surface area contributed by atoms with Gasteiger partial charge in [-0.2, -0.15) is 11.8 Å². The third-order valence-electron chi connectivity index (χ3n) is 6.57. The Morgan fingerprint density at radius 2 is 1.96 bits per heavy atom. The normalized spacial score (nSPS) is 41.0. The van der Waals surface area contributed by atoms with Crippen LogP contribution in [0.2, 0.25) is 0 Å². The molecule has 24 heavy (non-hydrogen) atoms. The van der Waals surface area contributed by atoms with Crippen LogP contribution in [0.5, 0.6) is 0 Å². The van der Waals surface area contributed by atoms with Crippen molar-refractivity contribution in [2.45, 2.75) is 37.0 Å². The van der Waals surface area contributed by atoms with E-state index in [0.29, 0.717) is 12.2 Å². The molecule has 0 aliphatic carbocycles. The van der Waals surface area contributed by atoms with Crippen LogP contribution in [0.4, 0.5) is 0 Å². The zero-order valence-corrected chi connectivity index (χ0v) is 18.2. The van der Waals surface area contributed by atoms with Gasteiger partial charge in [0.25, 0.3) is 0 Å². The van der Waals surface area contributed by atoms with Crippen LogP contribution in [0.25, 0.3) is 0 Å². The first-order valence-corrected chi connectivity index (χ1v) is 10.1. The average Bonchev–Trinajstić information content (AvgIpc) is 3.30. The Labute approximate surface area is 167 Å². The summed E-state index contributed by atoms with van der Waals surface area (Å²) in [6.07, 6.45) is 4.84. The third kappa shape index (κ3) is 3.18. The van der Waals surface area contributed by atoms with Gasteiger partial charge in [-0.05, 0) is 39.1 Å². The Hall–Kier alpha value is 0.270. The molecular weight excluding hydrogens is 435 g/mol. The van der Waals surface area contributed by atoms with Gasteiger partial charge in [0.05, 0.1) is 12.2 Å². The highest BCUT2D eigenvalue weighted by atomic mass is 127. The number of rotatable bonds is 3. The van der Waals surface area contributed by atoms with E-state index < -0.39 is 0 Å².